The normalized spacial score (nSPS) is 12.5. The highest BCUT2D eigenvalue weighted by Crippen LogP contribution is 2.33. The standard InChI is InChI=1S/C19H21ClF3N3OS/c1-5-12-13(10-15(19(21,22)23)26(6-2)18(12)27)24-11(4)17-14(28-7-3)8-9-16(20)25-17/h8-10H,5-7H2,1-4H3/b24-11+. The van der Waals surface area contributed by atoms with E-state index in [2.05, 4.69) is 9.98 Å². The number of thioether (sulfide) groups is 1. The fourth-order valence-electron chi connectivity index (χ4n) is 2.84. The number of aliphatic imine (C=N–C) groups is 1. The summed E-state index contributed by atoms with van der Waals surface area (Å²) in [7, 11) is 0. The van der Waals surface area contributed by atoms with Crippen LogP contribution in [0.2, 0.25) is 5.15 Å². The van der Waals surface area contributed by atoms with Gasteiger partial charge in [0.1, 0.15) is 10.8 Å². The van der Waals surface area contributed by atoms with Crippen LogP contribution in [-0.4, -0.2) is 21.0 Å². The van der Waals surface area contributed by atoms with E-state index in [1.54, 1.807) is 26.0 Å². The lowest BCUT2D eigenvalue weighted by Gasteiger charge is -2.17. The summed E-state index contributed by atoms with van der Waals surface area (Å²) in [4.78, 5) is 22.1. The largest absolute Gasteiger partial charge is 0.431 e. The summed E-state index contributed by atoms with van der Waals surface area (Å²) in [5, 5.41) is 0.262. The van der Waals surface area contributed by atoms with Crippen molar-refractivity contribution in [2.75, 3.05) is 5.75 Å². The van der Waals surface area contributed by atoms with Gasteiger partial charge in [-0.1, -0.05) is 25.4 Å². The van der Waals surface area contributed by atoms with Crippen molar-refractivity contribution in [2.45, 2.75) is 51.7 Å². The van der Waals surface area contributed by atoms with Crippen molar-refractivity contribution in [3.05, 3.63) is 50.7 Å². The molecule has 0 fully saturated rings. The van der Waals surface area contributed by atoms with Crippen molar-refractivity contribution >= 4 is 34.8 Å². The van der Waals surface area contributed by atoms with Crippen molar-refractivity contribution in [2.24, 2.45) is 4.99 Å². The number of nitrogens with zero attached hydrogens (tertiary/aromatic N) is 3. The second-order valence-corrected chi connectivity index (χ2v) is 7.60. The summed E-state index contributed by atoms with van der Waals surface area (Å²) in [5.74, 6) is 0.786. The maximum absolute atomic E-state index is 13.5. The number of pyridine rings is 2. The maximum atomic E-state index is 13.5. The average molecular weight is 432 g/mol. The fraction of sp³-hybridized carbons (Fsp3) is 0.421. The molecule has 0 spiro atoms. The molecule has 0 bridgehead atoms. The molecule has 0 N–H and O–H groups in total. The average Bonchev–Trinajstić information content (AvgIpc) is 2.62. The molecule has 0 atom stereocenters. The minimum absolute atomic E-state index is 0.0104. The molecule has 0 unspecified atom stereocenters. The monoisotopic (exact) mass is 431 g/mol. The summed E-state index contributed by atoms with van der Waals surface area (Å²) >= 11 is 7.52. The molecule has 2 heterocycles. The van der Waals surface area contributed by atoms with E-state index in [0.29, 0.717) is 11.4 Å². The minimum atomic E-state index is -4.66. The van der Waals surface area contributed by atoms with Crippen molar-refractivity contribution in [3.63, 3.8) is 0 Å². The van der Waals surface area contributed by atoms with Crippen LogP contribution in [-0.2, 0) is 19.1 Å². The molecule has 0 amide bonds. The van der Waals surface area contributed by atoms with Gasteiger partial charge >= 0.3 is 6.18 Å². The van der Waals surface area contributed by atoms with Gasteiger partial charge in [0, 0.05) is 17.0 Å². The van der Waals surface area contributed by atoms with Gasteiger partial charge in [0.05, 0.1) is 17.1 Å². The molecular formula is C19H21ClF3N3OS. The van der Waals surface area contributed by atoms with Gasteiger partial charge in [-0.05, 0) is 44.2 Å². The SMILES string of the molecule is CCSc1ccc(Cl)nc1/C(C)=N/c1cc(C(F)(F)F)n(CC)c(=O)c1CC. The summed E-state index contributed by atoms with van der Waals surface area (Å²) in [6.45, 7) is 6.78. The van der Waals surface area contributed by atoms with Crippen molar-refractivity contribution < 1.29 is 13.2 Å². The maximum Gasteiger partial charge on any atom is 0.431 e. The highest BCUT2D eigenvalue weighted by Gasteiger charge is 2.35. The topological polar surface area (TPSA) is 47.2 Å². The lowest BCUT2D eigenvalue weighted by Crippen LogP contribution is -2.29. The first-order valence-electron chi connectivity index (χ1n) is 8.82. The zero-order valence-electron chi connectivity index (χ0n) is 16.0. The van der Waals surface area contributed by atoms with E-state index in [-0.39, 0.29) is 29.4 Å². The lowest BCUT2D eigenvalue weighted by atomic mass is 10.1. The van der Waals surface area contributed by atoms with Crippen molar-refractivity contribution in [3.8, 4) is 0 Å². The Labute approximate surface area is 170 Å². The van der Waals surface area contributed by atoms with Gasteiger partial charge in [-0.25, -0.2) is 4.98 Å². The first-order chi connectivity index (χ1) is 13.1. The molecule has 4 nitrogen and oxygen atoms in total. The minimum Gasteiger partial charge on any atom is -0.304 e. The Morgan fingerprint density at radius 3 is 2.50 bits per heavy atom. The van der Waals surface area contributed by atoms with E-state index >= 15 is 0 Å². The van der Waals surface area contributed by atoms with Crippen molar-refractivity contribution in [1.29, 1.82) is 0 Å². The van der Waals surface area contributed by atoms with Crippen LogP contribution in [0.1, 0.15) is 44.6 Å². The zero-order chi connectivity index (χ0) is 21.1. The number of rotatable bonds is 6. The van der Waals surface area contributed by atoms with Gasteiger partial charge in [0.25, 0.3) is 5.56 Å². The molecule has 152 valence electrons. The van der Waals surface area contributed by atoms with E-state index in [4.69, 9.17) is 11.6 Å². The fourth-order valence-corrected chi connectivity index (χ4v) is 3.80. The molecule has 0 aromatic carbocycles. The van der Waals surface area contributed by atoms with Crippen LogP contribution in [0.3, 0.4) is 0 Å². The third kappa shape index (κ3) is 4.78. The number of aromatic nitrogens is 2. The molecule has 0 saturated carbocycles. The number of hydrogen-bond acceptors (Lipinski definition) is 4. The molecule has 0 aliphatic carbocycles. The van der Waals surface area contributed by atoms with E-state index < -0.39 is 17.4 Å². The Balaban J connectivity index is 2.73. The quantitative estimate of drug-likeness (QED) is 0.332. The summed E-state index contributed by atoms with van der Waals surface area (Å²) in [6.07, 6.45) is -4.39. The second-order valence-electron chi connectivity index (χ2n) is 5.91. The van der Waals surface area contributed by atoms with Crippen molar-refractivity contribution in [1.82, 2.24) is 9.55 Å². The van der Waals surface area contributed by atoms with Gasteiger partial charge in [-0.3, -0.25) is 9.79 Å². The number of halogens is 4. The predicted molar refractivity (Wildman–Crippen MR) is 108 cm³/mol. The second kappa shape index (κ2) is 9.13. The first kappa shape index (κ1) is 22.5. The molecule has 0 saturated heterocycles. The van der Waals surface area contributed by atoms with Crippen LogP contribution < -0.4 is 5.56 Å². The molecule has 28 heavy (non-hydrogen) atoms. The van der Waals surface area contributed by atoms with Crippen LogP contribution in [0.25, 0.3) is 0 Å². The number of alkyl halides is 3. The third-order valence-corrected chi connectivity index (χ3v) is 5.23. The molecule has 0 aliphatic rings. The van der Waals surface area contributed by atoms with Crippen LogP contribution >= 0.6 is 23.4 Å². The Morgan fingerprint density at radius 1 is 1.29 bits per heavy atom. The van der Waals surface area contributed by atoms with Crippen LogP contribution in [0.15, 0.2) is 32.9 Å². The Hall–Kier alpha value is -1.80. The molecule has 0 radical (unpaired) electrons. The van der Waals surface area contributed by atoms with Crippen LogP contribution in [0.4, 0.5) is 18.9 Å². The van der Waals surface area contributed by atoms with Gasteiger partial charge in [0.2, 0.25) is 0 Å². The summed E-state index contributed by atoms with van der Waals surface area (Å²) in [6, 6.07) is 4.39. The predicted octanol–water partition coefficient (Wildman–Crippen LogP) is 5.75. The zero-order valence-corrected chi connectivity index (χ0v) is 17.6. The first-order valence-corrected chi connectivity index (χ1v) is 10.2. The summed E-state index contributed by atoms with van der Waals surface area (Å²) in [5.41, 5.74) is -0.540. The van der Waals surface area contributed by atoms with E-state index in [1.165, 1.54) is 18.7 Å². The van der Waals surface area contributed by atoms with E-state index in [1.807, 2.05) is 6.92 Å². The van der Waals surface area contributed by atoms with Gasteiger partial charge < -0.3 is 4.57 Å². The highest BCUT2D eigenvalue weighted by atomic mass is 35.5. The van der Waals surface area contributed by atoms with Gasteiger partial charge in [-0.15, -0.1) is 11.8 Å². The lowest BCUT2D eigenvalue weighted by molar-refractivity contribution is -0.144. The highest BCUT2D eigenvalue weighted by molar-refractivity contribution is 7.99. The third-order valence-electron chi connectivity index (χ3n) is 4.09. The van der Waals surface area contributed by atoms with Gasteiger partial charge in [0.15, 0.2) is 0 Å². The Morgan fingerprint density at radius 2 is 1.96 bits per heavy atom. The van der Waals surface area contributed by atoms with Crippen LogP contribution in [0.5, 0.6) is 0 Å². The Kier molecular flexibility index (Phi) is 7.33. The smallest absolute Gasteiger partial charge is 0.304 e. The Bertz CT molecular complexity index is 955. The molecular weight excluding hydrogens is 411 g/mol. The van der Waals surface area contributed by atoms with E-state index in [9.17, 15) is 18.0 Å². The number of hydrogen-bond donors (Lipinski definition) is 0. The molecule has 0 aliphatic heterocycles. The molecule has 2 aromatic rings. The van der Waals surface area contributed by atoms with Gasteiger partial charge in [-0.2, -0.15) is 13.2 Å². The molecule has 2 aromatic heterocycles. The molecule has 9 heteroatoms. The van der Waals surface area contributed by atoms with E-state index in [0.717, 1.165) is 21.3 Å². The summed E-state index contributed by atoms with van der Waals surface area (Å²) < 4.78 is 41.1. The molecule has 2 rings (SSSR count). The van der Waals surface area contributed by atoms with Crippen LogP contribution in [0, 0.1) is 0 Å².